The molecule has 0 radical (unpaired) electrons. The maximum absolute atomic E-state index is 13.4. The van der Waals surface area contributed by atoms with Crippen molar-refractivity contribution in [3.8, 4) is 5.75 Å². The third-order valence-corrected chi connectivity index (χ3v) is 4.01. The van der Waals surface area contributed by atoms with Crippen molar-refractivity contribution >= 4 is 11.6 Å². The molecule has 1 aliphatic heterocycles. The van der Waals surface area contributed by atoms with Gasteiger partial charge in [0.2, 0.25) is 0 Å². The Kier molecular flexibility index (Phi) is 3.64. The molecule has 2 atom stereocenters. The lowest BCUT2D eigenvalue weighted by Crippen LogP contribution is -2.27. The summed E-state index contributed by atoms with van der Waals surface area (Å²) in [5.74, 6) is 0.464. The molecule has 0 saturated carbocycles. The van der Waals surface area contributed by atoms with Crippen molar-refractivity contribution in [3.05, 3.63) is 64.4 Å². The lowest BCUT2D eigenvalue weighted by atomic mass is 9.93. The van der Waals surface area contributed by atoms with Crippen LogP contribution in [0.5, 0.6) is 5.75 Å². The van der Waals surface area contributed by atoms with Crippen molar-refractivity contribution < 1.29 is 9.13 Å². The molecule has 1 aliphatic rings. The Morgan fingerprint density at radius 3 is 2.75 bits per heavy atom. The molecule has 2 nitrogen and oxygen atoms in total. The van der Waals surface area contributed by atoms with E-state index in [1.54, 1.807) is 6.07 Å². The third kappa shape index (κ3) is 2.39. The molecule has 0 saturated heterocycles. The summed E-state index contributed by atoms with van der Waals surface area (Å²) in [7, 11) is 1.87. The fraction of sp³-hybridized carbons (Fsp3) is 0.250. The van der Waals surface area contributed by atoms with Crippen molar-refractivity contribution in [1.82, 2.24) is 5.32 Å². The predicted octanol–water partition coefficient (Wildman–Crippen LogP) is 4.26. The Hall–Kier alpha value is -1.58. The van der Waals surface area contributed by atoms with Crippen LogP contribution in [0.15, 0.2) is 42.5 Å². The van der Waals surface area contributed by atoms with Crippen molar-refractivity contribution in [1.29, 1.82) is 0 Å². The van der Waals surface area contributed by atoms with Gasteiger partial charge < -0.3 is 10.1 Å². The summed E-state index contributed by atoms with van der Waals surface area (Å²) in [6, 6.07) is 12.3. The Morgan fingerprint density at radius 1 is 1.20 bits per heavy atom. The molecule has 20 heavy (non-hydrogen) atoms. The van der Waals surface area contributed by atoms with Gasteiger partial charge in [-0.1, -0.05) is 29.8 Å². The maximum atomic E-state index is 13.4. The summed E-state index contributed by atoms with van der Waals surface area (Å²) in [4.78, 5) is 0. The number of nitrogens with one attached hydrogen (secondary N) is 1. The normalized spacial score (nSPS) is 21.1. The van der Waals surface area contributed by atoms with Gasteiger partial charge in [0.15, 0.2) is 0 Å². The van der Waals surface area contributed by atoms with E-state index in [4.69, 9.17) is 16.3 Å². The largest absolute Gasteiger partial charge is 0.485 e. The van der Waals surface area contributed by atoms with Crippen LogP contribution in [-0.4, -0.2) is 7.05 Å². The monoisotopic (exact) mass is 291 g/mol. The van der Waals surface area contributed by atoms with Crippen LogP contribution in [0.2, 0.25) is 5.02 Å². The minimum atomic E-state index is -0.246. The first-order chi connectivity index (χ1) is 9.69. The van der Waals surface area contributed by atoms with Crippen LogP contribution in [0.4, 0.5) is 4.39 Å². The Balaban J connectivity index is 1.99. The fourth-order valence-electron chi connectivity index (χ4n) is 2.64. The zero-order valence-corrected chi connectivity index (χ0v) is 11.8. The van der Waals surface area contributed by atoms with Crippen LogP contribution in [0, 0.1) is 5.82 Å². The average Bonchev–Trinajstić information content (AvgIpc) is 2.46. The molecule has 4 heteroatoms. The Bertz CT molecular complexity index is 632. The van der Waals surface area contributed by atoms with Gasteiger partial charge in [-0.05, 0) is 31.3 Å². The molecule has 0 aromatic heterocycles. The lowest BCUT2D eigenvalue weighted by molar-refractivity contribution is 0.153. The number of benzene rings is 2. The molecule has 1 N–H and O–H groups in total. The van der Waals surface area contributed by atoms with Crippen LogP contribution < -0.4 is 10.1 Å². The minimum Gasteiger partial charge on any atom is -0.485 e. The quantitative estimate of drug-likeness (QED) is 0.892. The van der Waals surface area contributed by atoms with Gasteiger partial charge in [0.1, 0.15) is 17.7 Å². The highest BCUT2D eigenvalue weighted by Gasteiger charge is 2.29. The highest BCUT2D eigenvalue weighted by molar-refractivity contribution is 6.31. The number of fused-ring (bicyclic) bond motifs is 1. The number of hydrogen-bond acceptors (Lipinski definition) is 2. The first kappa shape index (κ1) is 13.4. The van der Waals surface area contributed by atoms with Gasteiger partial charge in [-0.25, -0.2) is 4.39 Å². The topological polar surface area (TPSA) is 21.3 Å². The third-order valence-electron chi connectivity index (χ3n) is 3.67. The SMILES string of the molecule is CNC1CC(c2ccccc2Cl)Oc2ccc(F)cc21. The molecule has 0 aliphatic carbocycles. The highest BCUT2D eigenvalue weighted by Crippen LogP contribution is 2.42. The van der Waals surface area contributed by atoms with E-state index in [2.05, 4.69) is 5.32 Å². The second-order valence-corrected chi connectivity index (χ2v) is 5.29. The molecular formula is C16H15ClFNO. The lowest BCUT2D eigenvalue weighted by Gasteiger charge is -2.32. The zero-order valence-electron chi connectivity index (χ0n) is 11.1. The van der Waals surface area contributed by atoms with Crippen LogP contribution >= 0.6 is 11.6 Å². The van der Waals surface area contributed by atoms with Crippen molar-refractivity contribution in [2.75, 3.05) is 7.05 Å². The van der Waals surface area contributed by atoms with E-state index in [1.807, 2.05) is 31.3 Å². The van der Waals surface area contributed by atoms with Crippen LogP contribution in [0.1, 0.15) is 29.7 Å². The van der Waals surface area contributed by atoms with E-state index < -0.39 is 0 Å². The molecule has 2 aromatic rings. The van der Waals surface area contributed by atoms with Crippen molar-refractivity contribution in [3.63, 3.8) is 0 Å². The Labute approximate surface area is 122 Å². The van der Waals surface area contributed by atoms with Crippen molar-refractivity contribution in [2.45, 2.75) is 18.6 Å². The van der Waals surface area contributed by atoms with Gasteiger partial charge in [-0.3, -0.25) is 0 Å². The van der Waals surface area contributed by atoms with Gasteiger partial charge in [-0.15, -0.1) is 0 Å². The van der Waals surface area contributed by atoms with E-state index >= 15 is 0 Å². The zero-order chi connectivity index (χ0) is 14.1. The van der Waals surface area contributed by atoms with E-state index in [0.717, 1.165) is 17.5 Å². The van der Waals surface area contributed by atoms with Crippen LogP contribution in [-0.2, 0) is 0 Å². The summed E-state index contributed by atoms with van der Waals surface area (Å²) >= 11 is 6.24. The smallest absolute Gasteiger partial charge is 0.127 e. The number of ether oxygens (including phenoxy) is 1. The van der Waals surface area contributed by atoms with Gasteiger partial charge >= 0.3 is 0 Å². The molecule has 2 aromatic carbocycles. The van der Waals surface area contributed by atoms with Gasteiger partial charge in [0, 0.05) is 28.6 Å². The van der Waals surface area contributed by atoms with E-state index in [1.165, 1.54) is 12.1 Å². The average molecular weight is 292 g/mol. The highest BCUT2D eigenvalue weighted by atomic mass is 35.5. The molecule has 104 valence electrons. The summed E-state index contributed by atoms with van der Waals surface area (Å²) in [6.07, 6.45) is 0.593. The van der Waals surface area contributed by atoms with E-state index in [9.17, 15) is 4.39 Å². The number of halogens is 2. The predicted molar refractivity (Wildman–Crippen MR) is 77.6 cm³/mol. The standard InChI is InChI=1S/C16H15ClFNO/c1-19-14-9-16(11-4-2-3-5-13(11)17)20-15-7-6-10(18)8-12(14)15/h2-8,14,16,19H,9H2,1H3. The minimum absolute atomic E-state index is 0.0516. The Morgan fingerprint density at radius 2 is 2.00 bits per heavy atom. The van der Waals surface area contributed by atoms with Crippen molar-refractivity contribution in [2.24, 2.45) is 0 Å². The molecule has 3 rings (SSSR count). The van der Waals surface area contributed by atoms with E-state index in [0.29, 0.717) is 10.8 Å². The fourth-order valence-corrected chi connectivity index (χ4v) is 2.90. The molecule has 0 fully saturated rings. The molecule has 0 amide bonds. The second kappa shape index (κ2) is 5.43. The first-order valence-electron chi connectivity index (χ1n) is 6.57. The molecule has 0 spiro atoms. The molecule has 0 bridgehead atoms. The molecule has 2 unspecified atom stereocenters. The van der Waals surface area contributed by atoms with Gasteiger partial charge in [0.25, 0.3) is 0 Å². The van der Waals surface area contributed by atoms with Crippen LogP contribution in [0.25, 0.3) is 0 Å². The number of hydrogen-bond donors (Lipinski definition) is 1. The molecular weight excluding hydrogens is 277 g/mol. The second-order valence-electron chi connectivity index (χ2n) is 4.89. The summed E-state index contributed by atoms with van der Waals surface area (Å²) in [5.41, 5.74) is 1.82. The summed E-state index contributed by atoms with van der Waals surface area (Å²) in [5, 5.41) is 3.91. The van der Waals surface area contributed by atoms with Crippen LogP contribution in [0.3, 0.4) is 0 Å². The maximum Gasteiger partial charge on any atom is 0.127 e. The number of rotatable bonds is 2. The summed E-state index contributed by atoms with van der Waals surface area (Å²) < 4.78 is 19.4. The van der Waals surface area contributed by atoms with E-state index in [-0.39, 0.29) is 18.0 Å². The summed E-state index contributed by atoms with van der Waals surface area (Å²) in [6.45, 7) is 0. The van der Waals surface area contributed by atoms with Gasteiger partial charge in [0.05, 0.1) is 0 Å². The molecule has 1 heterocycles. The van der Waals surface area contributed by atoms with Gasteiger partial charge in [-0.2, -0.15) is 0 Å². The first-order valence-corrected chi connectivity index (χ1v) is 6.94.